The van der Waals surface area contributed by atoms with Gasteiger partial charge < -0.3 is 5.32 Å². The second-order valence-corrected chi connectivity index (χ2v) is 8.59. The molecule has 1 N–H and O–H groups in total. The second kappa shape index (κ2) is 9.50. The quantitative estimate of drug-likeness (QED) is 0.303. The van der Waals surface area contributed by atoms with Gasteiger partial charge in [-0.25, -0.2) is 9.67 Å². The van der Waals surface area contributed by atoms with Crippen molar-refractivity contribution in [2.24, 2.45) is 0 Å². The third-order valence-electron chi connectivity index (χ3n) is 6.16. The summed E-state index contributed by atoms with van der Waals surface area (Å²) in [5, 5.41) is 8.39. The highest BCUT2D eigenvalue weighted by Gasteiger charge is 2.34. The second-order valence-electron chi connectivity index (χ2n) is 8.59. The molecule has 0 bridgehead atoms. The minimum absolute atomic E-state index is 0.0972. The van der Waals surface area contributed by atoms with Crippen LogP contribution in [0.5, 0.6) is 0 Å². The summed E-state index contributed by atoms with van der Waals surface area (Å²) in [7, 11) is 0. The van der Waals surface area contributed by atoms with Gasteiger partial charge in [-0.3, -0.25) is 19.3 Å². The Kier molecular flexibility index (Phi) is 6.10. The summed E-state index contributed by atoms with van der Waals surface area (Å²) in [5.74, 6) is -0.575. The number of para-hydroxylation sites is 1. The molecule has 2 aromatic carbocycles. The van der Waals surface area contributed by atoms with Gasteiger partial charge >= 0.3 is 0 Å². The van der Waals surface area contributed by atoms with Crippen LogP contribution in [0.1, 0.15) is 52.1 Å². The van der Waals surface area contributed by atoms with Crippen molar-refractivity contribution < 1.29 is 14.4 Å². The van der Waals surface area contributed by atoms with E-state index in [2.05, 4.69) is 15.4 Å². The third kappa shape index (κ3) is 4.42. The fourth-order valence-electron chi connectivity index (χ4n) is 4.36. The highest BCUT2D eigenvalue weighted by Crippen LogP contribution is 2.24. The average Bonchev–Trinajstić information content (AvgIpc) is 3.33. The first-order valence-corrected chi connectivity index (χ1v) is 11.7. The van der Waals surface area contributed by atoms with Gasteiger partial charge in [0, 0.05) is 18.4 Å². The summed E-state index contributed by atoms with van der Waals surface area (Å²) < 4.78 is 1.80. The maximum atomic E-state index is 12.5. The third-order valence-corrected chi connectivity index (χ3v) is 6.16. The van der Waals surface area contributed by atoms with E-state index in [-0.39, 0.29) is 17.7 Å². The minimum atomic E-state index is -0.239. The van der Waals surface area contributed by atoms with Gasteiger partial charge in [-0.1, -0.05) is 36.8 Å². The average molecular weight is 468 g/mol. The number of carbonyl (C=O) groups excluding carboxylic acids is 3. The lowest BCUT2D eigenvalue weighted by Crippen LogP contribution is -2.30. The summed E-state index contributed by atoms with van der Waals surface area (Å²) >= 11 is 0. The van der Waals surface area contributed by atoms with Gasteiger partial charge in [0.05, 0.1) is 34.4 Å². The first-order chi connectivity index (χ1) is 17.0. The Morgan fingerprint density at radius 1 is 0.914 bits per heavy atom. The summed E-state index contributed by atoms with van der Waals surface area (Å²) in [6.45, 7) is 2.28. The Bertz CT molecular complexity index is 1390. The fourth-order valence-corrected chi connectivity index (χ4v) is 4.36. The van der Waals surface area contributed by atoms with E-state index in [0.717, 1.165) is 28.8 Å². The molecule has 3 amide bonds. The van der Waals surface area contributed by atoms with E-state index in [1.165, 1.54) is 4.90 Å². The maximum Gasteiger partial charge on any atom is 0.261 e. The molecule has 1 aliphatic rings. The monoisotopic (exact) mass is 467 g/mol. The van der Waals surface area contributed by atoms with E-state index < -0.39 is 0 Å². The number of imide groups is 1. The van der Waals surface area contributed by atoms with E-state index in [9.17, 15) is 14.4 Å². The minimum Gasteiger partial charge on any atom is -0.325 e. The number of benzene rings is 2. The van der Waals surface area contributed by atoms with E-state index in [4.69, 9.17) is 0 Å². The largest absolute Gasteiger partial charge is 0.325 e. The number of pyridine rings is 1. The van der Waals surface area contributed by atoms with Crippen LogP contribution < -0.4 is 5.32 Å². The molecular formula is C27H25N5O3. The number of carbonyl (C=O) groups is 3. The van der Waals surface area contributed by atoms with Crippen molar-refractivity contribution in [2.75, 3.05) is 11.9 Å². The number of fused-ring (bicyclic) bond motifs is 2. The molecule has 0 aliphatic carbocycles. The number of hydrogen-bond donors (Lipinski definition) is 1. The Balaban J connectivity index is 1.12. The topological polar surface area (TPSA) is 97.2 Å². The van der Waals surface area contributed by atoms with Gasteiger partial charge in [0.2, 0.25) is 5.91 Å². The van der Waals surface area contributed by atoms with Gasteiger partial charge in [0.1, 0.15) is 0 Å². The van der Waals surface area contributed by atoms with Gasteiger partial charge in [-0.15, -0.1) is 0 Å². The number of aryl methyl sites for hydroxylation is 1. The molecule has 2 aromatic heterocycles. The summed E-state index contributed by atoms with van der Waals surface area (Å²) in [5.41, 5.74) is 4.06. The number of aromatic nitrogens is 3. The number of amides is 3. The van der Waals surface area contributed by atoms with Crippen LogP contribution in [0.2, 0.25) is 0 Å². The van der Waals surface area contributed by atoms with Crippen LogP contribution >= 0.6 is 0 Å². The molecule has 0 atom stereocenters. The summed E-state index contributed by atoms with van der Waals surface area (Å²) in [6, 6.07) is 18.6. The predicted molar refractivity (Wildman–Crippen MR) is 133 cm³/mol. The molecular weight excluding hydrogens is 442 g/mol. The smallest absolute Gasteiger partial charge is 0.261 e. The van der Waals surface area contributed by atoms with Crippen LogP contribution in [-0.2, 0) is 4.79 Å². The zero-order valence-electron chi connectivity index (χ0n) is 19.4. The molecule has 8 nitrogen and oxygen atoms in total. The van der Waals surface area contributed by atoms with Crippen molar-refractivity contribution in [3.05, 3.63) is 83.7 Å². The zero-order chi connectivity index (χ0) is 24.4. The number of unbranched alkanes of at least 4 members (excludes halogenated alkanes) is 2. The van der Waals surface area contributed by atoms with Crippen molar-refractivity contribution in [3.63, 3.8) is 0 Å². The van der Waals surface area contributed by atoms with Crippen LogP contribution in [0.25, 0.3) is 16.7 Å². The van der Waals surface area contributed by atoms with Crippen LogP contribution in [-0.4, -0.2) is 43.9 Å². The number of anilines is 1. The lowest BCUT2D eigenvalue weighted by atomic mass is 10.1. The van der Waals surface area contributed by atoms with Crippen molar-refractivity contribution in [3.8, 4) is 5.69 Å². The van der Waals surface area contributed by atoms with Crippen molar-refractivity contribution in [1.29, 1.82) is 0 Å². The maximum absolute atomic E-state index is 12.5. The standard InChI is InChI=1S/C27H25N5O3/c1-18-23-16-19(17-28-25(23)32(30-18)20-10-4-2-5-11-20)29-24(33)14-6-3-9-15-31-26(34)21-12-7-8-13-22(21)27(31)35/h2,4-5,7-8,10-13,16-17H,3,6,9,14-15H2,1H3,(H,29,33). The number of hydrogen-bond acceptors (Lipinski definition) is 5. The molecule has 35 heavy (non-hydrogen) atoms. The Morgan fingerprint density at radius 3 is 2.31 bits per heavy atom. The molecule has 1 aliphatic heterocycles. The molecule has 0 saturated heterocycles. The molecule has 8 heteroatoms. The molecule has 0 fully saturated rings. The molecule has 4 aromatic rings. The summed E-state index contributed by atoms with van der Waals surface area (Å²) in [6.07, 6.45) is 4.05. The van der Waals surface area contributed by atoms with Gasteiger partial charge in [-0.05, 0) is 50.1 Å². The van der Waals surface area contributed by atoms with Crippen LogP contribution in [0.15, 0.2) is 66.9 Å². The lowest BCUT2D eigenvalue weighted by molar-refractivity contribution is -0.116. The normalized spacial score (nSPS) is 12.9. The van der Waals surface area contributed by atoms with Crippen molar-refractivity contribution >= 4 is 34.4 Å². The van der Waals surface area contributed by atoms with Crippen LogP contribution in [0.4, 0.5) is 5.69 Å². The van der Waals surface area contributed by atoms with E-state index in [1.54, 1.807) is 35.1 Å². The van der Waals surface area contributed by atoms with Gasteiger partial charge in [-0.2, -0.15) is 5.10 Å². The lowest BCUT2D eigenvalue weighted by Gasteiger charge is -2.13. The first kappa shape index (κ1) is 22.5. The molecule has 3 heterocycles. The number of nitrogens with one attached hydrogen (secondary N) is 1. The van der Waals surface area contributed by atoms with Crippen LogP contribution in [0, 0.1) is 6.92 Å². The Morgan fingerprint density at radius 2 is 1.60 bits per heavy atom. The van der Waals surface area contributed by atoms with Gasteiger partial charge in [0.25, 0.3) is 11.8 Å². The number of nitrogens with zero attached hydrogens (tertiary/aromatic N) is 4. The molecule has 5 rings (SSSR count). The highest BCUT2D eigenvalue weighted by molar-refractivity contribution is 6.21. The first-order valence-electron chi connectivity index (χ1n) is 11.7. The zero-order valence-corrected chi connectivity index (χ0v) is 19.4. The molecule has 0 saturated carbocycles. The Labute approximate surface area is 202 Å². The van der Waals surface area contributed by atoms with E-state index >= 15 is 0 Å². The number of rotatable bonds is 8. The summed E-state index contributed by atoms with van der Waals surface area (Å²) in [4.78, 5) is 43.1. The molecule has 0 spiro atoms. The van der Waals surface area contributed by atoms with Crippen molar-refractivity contribution in [1.82, 2.24) is 19.7 Å². The Hall–Kier alpha value is -4.33. The van der Waals surface area contributed by atoms with Crippen molar-refractivity contribution in [2.45, 2.75) is 32.6 Å². The van der Waals surface area contributed by atoms with Gasteiger partial charge in [0.15, 0.2) is 5.65 Å². The molecule has 0 radical (unpaired) electrons. The SMILES string of the molecule is Cc1nn(-c2ccccc2)c2ncc(NC(=O)CCCCCN3C(=O)c4ccccc4C3=O)cc12. The molecule has 176 valence electrons. The van der Waals surface area contributed by atoms with E-state index in [1.807, 2.05) is 43.3 Å². The fraction of sp³-hybridized carbons (Fsp3) is 0.222. The van der Waals surface area contributed by atoms with E-state index in [0.29, 0.717) is 42.6 Å². The predicted octanol–water partition coefficient (Wildman–Crippen LogP) is 4.52. The highest BCUT2D eigenvalue weighted by atomic mass is 16.2. The van der Waals surface area contributed by atoms with Crippen LogP contribution in [0.3, 0.4) is 0 Å². The molecule has 0 unspecified atom stereocenters.